The van der Waals surface area contributed by atoms with Gasteiger partial charge in [-0.25, -0.2) is 0 Å². The van der Waals surface area contributed by atoms with Gasteiger partial charge in [-0.3, -0.25) is 4.79 Å². The van der Waals surface area contributed by atoms with E-state index in [-0.39, 0.29) is 22.4 Å². The van der Waals surface area contributed by atoms with E-state index in [0.717, 1.165) is 50.2 Å². The number of unbranched alkanes of at least 4 members (excludes halogenated alkanes) is 2. The van der Waals surface area contributed by atoms with Crippen LogP contribution in [0.1, 0.15) is 78.4 Å². The second-order valence-corrected chi connectivity index (χ2v) is 14.3. The molecule has 4 aromatic carbocycles. The molecule has 0 bridgehead atoms. The van der Waals surface area contributed by atoms with Gasteiger partial charge in [0.2, 0.25) is 0 Å². The Morgan fingerprint density at radius 3 is 1.67 bits per heavy atom. The maximum atomic E-state index is 14.0. The van der Waals surface area contributed by atoms with Crippen LogP contribution < -0.4 is 9.80 Å². The molecular formula is C42H46N2O2. The van der Waals surface area contributed by atoms with Gasteiger partial charge in [0.1, 0.15) is 11.7 Å². The van der Waals surface area contributed by atoms with Crippen LogP contribution in [-0.2, 0) is 15.6 Å². The minimum Gasteiger partial charge on any atom is -0.510 e. The fourth-order valence-corrected chi connectivity index (χ4v) is 8.25. The first-order valence-electron chi connectivity index (χ1n) is 17.1. The quantitative estimate of drug-likeness (QED) is 0.216. The molecule has 0 aromatic heterocycles. The van der Waals surface area contributed by atoms with E-state index in [2.05, 4.69) is 130 Å². The molecule has 4 heteroatoms. The van der Waals surface area contributed by atoms with Gasteiger partial charge in [0.05, 0.1) is 5.57 Å². The van der Waals surface area contributed by atoms with Crippen LogP contribution in [0, 0.1) is 5.92 Å². The molecule has 0 radical (unpaired) electrons. The molecule has 1 aliphatic carbocycles. The maximum absolute atomic E-state index is 14.0. The fourth-order valence-electron chi connectivity index (χ4n) is 8.25. The molecule has 3 aliphatic rings. The second-order valence-electron chi connectivity index (χ2n) is 14.3. The highest BCUT2D eigenvalue weighted by molar-refractivity contribution is 6.10. The number of hydrogen-bond acceptors (Lipinski definition) is 4. The first-order valence-corrected chi connectivity index (χ1v) is 17.1. The Morgan fingerprint density at radius 2 is 1.17 bits per heavy atom. The van der Waals surface area contributed by atoms with Gasteiger partial charge in [-0.05, 0) is 69.8 Å². The van der Waals surface area contributed by atoms with Crippen LogP contribution in [0.2, 0.25) is 0 Å². The van der Waals surface area contributed by atoms with Crippen molar-refractivity contribution in [1.82, 2.24) is 0 Å². The van der Waals surface area contributed by atoms with Crippen LogP contribution in [0.5, 0.6) is 0 Å². The van der Waals surface area contributed by atoms with E-state index in [9.17, 15) is 9.90 Å². The smallest absolute Gasteiger partial charge is 0.180 e. The molecule has 4 aromatic rings. The summed E-state index contributed by atoms with van der Waals surface area (Å²) in [5.41, 5.74) is 7.01. The lowest BCUT2D eigenvalue weighted by atomic mass is 9.75. The van der Waals surface area contributed by atoms with E-state index < -0.39 is 5.92 Å². The number of carbonyl (C=O) groups excluding carboxylic acids is 1. The number of carbonyl (C=O) groups is 1. The molecule has 0 amide bonds. The lowest BCUT2D eigenvalue weighted by Gasteiger charge is -2.33. The van der Waals surface area contributed by atoms with Crippen molar-refractivity contribution in [3.8, 4) is 0 Å². The van der Waals surface area contributed by atoms with E-state index in [4.69, 9.17) is 0 Å². The van der Waals surface area contributed by atoms with Gasteiger partial charge in [-0.1, -0.05) is 115 Å². The number of anilines is 2. The van der Waals surface area contributed by atoms with Crippen LogP contribution in [0.3, 0.4) is 0 Å². The number of aliphatic hydroxyl groups is 1. The van der Waals surface area contributed by atoms with Gasteiger partial charge in [-0.15, -0.1) is 0 Å². The van der Waals surface area contributed by atoms with Crippen LogP contribution in [0.15, 0.2) is 108 Å². The van der Waals surface area contributed by atoms with E-state index in [1.54, 1.807) is 0 Å². The van der Waals surface area contributed by atoms with Gasteiger partial charge in [0.25, 0.3) is 0 Å². The summed E-state index contributed by atoms with van der Waals surface area (Å²) < 4.78 is 0. The third-order valence-electron chi connectivity index (χ3n) is 10.7. The Kier molecular flexibility index (Phi) is 7.38. The van der Waals surface area contributed by atoms with Gasteiger partial charge < -0.3 is 14.9 Å². The zero-order chi connectivity index (χ0) is 32.4. The molecule has 0 spiro atoms. The Hall–Kier alpha value is -4.31. The third kappa shape index (κ3) is 4.44. The lowest BCUT2D eigenvalue weighted by Crippen LogP contribution is -2.35. The van der Waals surface area contributed by atoms with E-state index in [0.29, 0.717) is 5.57 Å². The number of rotatable bonds is 8. The zero-order valence-electron chi connectivity index (χ0n) is 28.2. The summed E-state index contributed by atoms with van der Waals surface area (Å²) in [7, 11) is 0. The number of aliphatic hydroxyl groups excluding tert-OH is 1. The molecule has 0 saturated carbocycles. The van der Waals surface area contributed by atoms with Crippen LogP contribution in [-0.4, -0.2) is 24.0 Å². The topological polar surface area (TPSA) is 43.8 Å². The van der Waals surface area contributed by atoms with Crippen molar-refractivity contribution in [1.29, 1.82) is 0 Å². The number of hydrogen-bond donors (Lipinski definition) is 1. The summed E-state index contributed by atoms with van der Waals surface area (Å²) in [5, 5.41) is 16.6. The van der Waals surface area contributed by atoms with Crippen LogP contribution in [0.25, 0.3) is 21.5 Å². The summed E-state index contributed by atoms with van der Waals surface area (Å²) in [4.78, 5) is 18.8. The molecule has 46 heavy (non-hydrogen) atoms. The number of nitrogens with zero attached hydrogens (tertiary/aromatic N) is 2. The predicted octanol–water partition coefficient (Wildman–Crippen LogP) is 10.3. The van der Waals surface area contributed by atoms with Crippen molar-refractivity contribution in [2.24, 2.45) is 5.92 Å². The average molecular weight is 611 g/mol. The average Bonchev–Trinajstić information content (AvgIpc) is 3.41. The van der Waals surface area contributed by atoms with Crippen molar-refractivity contribution >= 4 is 38.7 Å². The molecule has 1 unspecified atom stereocenters. The van der Waals surface area contributed by atoms with Crippen LogP contribution >= 0.6 is 0 Å². The van der Waals surface area contributed by atoms with Crippen LogP contribution in [0.4, 0.5) is 11.4 Å². The van der Waals surface area contributed by atoms with Crippen molar-refractivity contribution in [3.63, 3.8) is 0 Å². The summed E-state index contributed by atoms with van der Waals surface area (Å²) in [6.45, 7) is 15.2. The van der Waals surface area contributed by atoms with Crippen molar-refractivity contribution in [2.45, 2.75) is 78.1 Å². The van der Waals surface area contributed by atoms with Gasteiger partial charge >= 0.3 is 0 Å². The Labute approximate surface area is 273 Å². The number of fused-ring (bicyclic) bond motifs is 6. The first kappa shape index (κ1) is 30.3. The second kappa shape index (κ2) is 11.2. The summed E-state index contributed by atoms with van der Waals surface area (Å²) >= 11 is 0. The molecule has 4 nitrogen and oxygen atoms in total. The molecule has 1 N–H and O–H groups in total. The molecule has 0 fully saturated rings. The number of allylic oxidation sites excluding steroid dienone is 5. The van der Waals surface area contributed by atoms with Gasteiger partial charge in [0.15, 0.2) is 5.78 Å². The van der Waals surface area contributed by atoms with E-state index >= 15 is 0 Å². The summed E-state index contributed by atoms with van der Waals surface area (Å²) in [6, 6.07) is 26.0. The summed E-state index contributed by atoms with van der Waals surface area (Å²) in [5.74, 6) is -0.455. The standard InChI is InChI=1S/C42H46N2O2/c1-7-9-23-43-33-21-19-27-15-11-13-17-29(27)37(33)41(3,4)35(43)25-31-39(45)32(40(31)46)26-36-42(5,6)38-30-18-14-12-16-28(30)20-22-34(38)44(36)24-10-8-2/h11-22,25-26,31,45H,7-10,23-24H2,1-6H3/b35-25-,36-26+. The normalized spacial score (nSPS) is 21.5. The number of ketones is 1. The SMILES string of the molecule is CCCCN1/C(=C\C2C(=O)C(/C=C3/N(CCCC)c4ccc5ccccc5c4C3(C)C)=C2O)C(C)(C)c2c1ccc1ccccc21. The van der Waals surface area contributed by atoms with Crippen molar-refractivity contribution in [3.05, 3.63) is 119 Å². The van der Waals surface area contributed by atoms with Gasteiger partial charge in [-0.2, -0.15) is 0 Å². The van der Waals surface area contributed by atoms with Crippen molar-refractivity contribution < 1.29 is 9.90 Å². The maximum Gasteiger partial charge on any atom is 0.180 e. The third-order valence-corrected chi connectivity index (χ3v) is 10.7. The van der Waals surface area contributed by atoms with E-state index in [1.165, 1.54) is 44.0 Å². The highest BCUT2D eigenvalue weighted by Gasteiger charge is 2.47. The molecule has 0 saturated heterocycles. The molecular weight excluding hydrogens is 564 g/mol. The van der Waals surface area contributed by atoms with E-state index in [1.807, 2.05) is 6.08 Å². The number of Topliss-reactive ketones (excluding diaryl/α,β-unsaturated/α-hetero) is 1. The molecule has 7 rings (SSSR count). The van der Waals surface area contributed by atoms with Gasteiger partial charge in [0, 0.05) is 46.7 Å². The molecule has 2 heterocycles. The lowest BCUT2D eigenvalue weighted by molar-refractivity contribution is -0.120. The Morgan fingerprint density at radius 1 is 0.696 bits per heavy atom. The predicted molar refractivity (Wildman–Crippen MR) is 193 cm³/mol. The molecule has 1 atom stereocenters. The van der Waals surface area contributed by atoms with Crippen molar-refractivity contribution in [2.75, 3.05) is 22.9 Å². The molecule has 2 aliphatic heterocycles. The first-order chi connectivity index (χ1) is 22.1. The Balaban J connectivity index is 1.31. The Bertz CT molecular complexity index is 1970. The largest absolute Gasteiger partial charge is 0.510 e. The number of benzene rings is 4. The fraction of sp³-hybridized carbons (Fsp3) is 0.357. The minimum atomic E-state index is -0.636. The minimum absolute atomic E-state index is 0.00314. The summed E-state index contributed by atoms with van der Waals surface area (Å²) in [6.07, 6.45) is 8.31. The highest BCUT2D eigenvalue weighted by atomic mass is 16.3. The zero-order valence-corrected chi connectivity index (χ0v) is 28.2. The molecule has 236 valence electrons. The highest BCUT2D eigenvalue weighted by Crippen LogP contribution is 2.54. The monoisotopic (exact) mass is 610 g/mol.